The maximum Gasteiger partial charge on any atom is 0.185 e. The van der Waals surface area contributed by atoms with Gasteiger partial charge in [0, 0.05) is 10.5 Å². The number of carbonyl (C=O) groups is 1. The highest BCUT2D eigenvalue weighted by atomic mass is 32.2. The summed E-state index contributed by atoms with van der Waals surface area (Å²) in [5.74, 6) is 2.00. The van der Waals surface area contributed by atoms with Crippen molar-refractivity contribution in [3.63, 3.8) is 0 Å². The number of unbranched alkanes of at least 4 members (excludes halogenated alkanes) is 10. The van der Waals surface area contributed by atoms with Crippen molar-refractivity contribution >= 4 is 23.6 Å². The van der Waals surface area contributed by atoms with Crippen molar-refractivity contribution in [3.8, 4) is 5.75 Å². The number of ketones is 1. The Morgan fingerprint density at radius 1 is 0.794 bits per heavy atom. The minimum Gasteiger partial charge on any atom is -0.494 e. The monoisotopic (exact) mass is 480 g/mol. The van der Waals surface area contributed by atoms with Gasteiger partial charge in [0.2, 0.25) is 0 Å². The van der Waals surface area contributed by atoms with Crippen LogP contribution in [-0.4, -0.2) is 18.1 Å². The second-order valence-corrected chi connectivity index (χ2v) is 10.2. The van der Waals surface area contributed by atoms with Crippen molar-refractivity contribution < 1.29 is 9.53 Å². The predicted octanol–water partition coefficient (Wildman–Crippen LogP) is 9.77. The van der Waals surface area contributed by atoms with Gasteiger partial charge in [-0.2, -0.15) is 0 Å². The van der Waals surface area contributed by atoms with Crippen molar-refractivity contribution in [1.29, 1.82) is 0 Å². The molecule has 0 aliphatic carbocycles. The molecule has 0 heterocycles. The first-order valence-electron chi connectivity index (χ1n) is 13.4. The highest BCUT2D eigenvalue weighted by Crippen LogP contribution is 2.20. The van der Waals surface area contributed by atoms with E-state index in [0.29, 0.717) is 0 Å². The lowest BCUT2D eigenvalue weighted by Gasteiger charge is -2.07. The van der Waals surface area contributed by atoms with Gasteiger partial charge in [0.1, 0.15) is 5.75 Å². The lowest BCUT2D eigenvalue weighted by molar-refractivity contribution is 0.104. The van der Waals surface area contributed by atoms with Crippen LogP contribution in [0.1, 0.15) is 107 Å². The Kier molecular flexibility index (Phi) is 15.2. The SMILES string of the molecule is CCCCCCCCCCCCCOc1cccc(/C=C/C(=O)c2ccc(SCCC)cc2)c1. The number of allylic oxidation sites excluding steroid dienone is 1. The van der Waals surface area contributed by atoms with Gasteiger partial charge in [0.15, 0.2) is 5.78 Å². The van der Waals surface area contributed by atoms with Crippen LogP contribution in [-0.2, 0) is 0 Å². The first kappa shape index (κ1) is 28.2. The van der Waals surface area contributed by atoms with E-state index in [2.05, 4.69) is 13.8 Å². The third kappa shape index (κ3) is 12.5. The molecule has 0 aliphatic heterocycles. The molecule has 0 saturated carbocycles. The van der Waals surface area contributed by atoms with Crippen LogP contribution in [0.5, 0.6) is 5.75 Å². The fourth-order valence-electron chi connectivity index (χ4n) is 3.87. The molecule has 2 aromatic rings. The van der Waals surface area contributed by atoms with E-state index in [-0.39, 0.29) is 5.78 Å². The molecule has 2 rings (SSSR count). The molecule has 186 valence electrons. The van der Waals surface area contributed by atoms with Crippen LogP contribution in [0.2, 0.25) is 0 Å². The van der Waals surface area contributed by atoms with E-state index in [1.54, 1.807) is 6.08 Å². The number of hydrogen-bond donors (Lipinski definition) is 0. The summed E-state index contributed by atoms with van der Waals surface area (Å²) in [5, 5.41) is 0. The van der Waals surface area contributed by atoms with Crippen LogP contribution in [0.3, 0.4) is 0 Å². The van der Waals surface area contributed by atoms with Gasteiger partial charge in [0.05, 0.1) is 6.61 Å². The van der Waals surface area contributed by atoms with Crippen LogP contribution in [0.4, 0.5) is 0 Å². The third-order valence-electron chi connectivity index (χ3n) is 5.91. The van der Waals surface area contributed by atoms with Gasteiger partial charge < -0.3 is 4.74 Å². The zero-order valence-corrected chi connectivity index (χ0v) is 22.2. The molecule has 0 amide bonds. The summed E-state index contributed by atoms with van der Waals surface area (Å²) in [6, 6.07) is 15.9. The molecule has 0 saturated heterocycles. The number of hydrogen-bond acceptors (Lipinski definition) is 3. The first-order chi connectivity index (χ1) is 16.7. The van der Waals surface area contributed by atoms with Gasteiger partial charge in [0.25, 0.3) is 0 Å². The minimum absolute atomic E-state index is 0.0272. The minimum atomic E-state index is 0.0272. The number of benzene rings is 2. The van der Waals surface area contributed by atoms with Gasteiger partial charge >= 0.3 is 0 Å². The van der Waals surface area contributed by atoms with E-state index in [4.69, 9.17) is 4.74 Å². The van der Waals surface area contributed by atoms with Crippen LogP contribution in [0, 0.1) is 0 Å². The molecule has 2 nitrogen and oxygen atoms in total. The summed E-state index contributed by atoms with van der Waals surface area (Å²) in [5.41, 5.74) is 1.71. The van der Waals surface area contributed by atoms with Crippen LogP contribution in [0.15, 0.2) is 59.5 Å². The maximum absolute atomic E-state index is 12.5. The molecular formula is C31H44O2S. The second-order valence-electron chi connectivity index (χ2n) is 9.03. The number of rotatable bonds is 19. The third-order valence-corrected chi connectivity index (χ3v) is 7.13. The van der Waals surface area contributed by atoms with Crippen molar-refractivity contribution in [2.75, 3.05) is 12.4 Å². The van der Waals surface area contributed by atoms with Gasteiger partial charge in [-0.25, -0.2) is 0 Å². The molecule has 0 spiro atoms. The summed E-state index contributed by atoms with van der Waals surface area (Å²) >= 11 is 1.83. The predicted molar refractivity (Wildman–Crippen MR) is 149 cm³/mol. The average molecular weight is 481 g/mol. The van der Waals surface area contributed by atoms with E-state index in [1.807, 2.05) is 66.4 Å². The fourth-order valence-corrected chi connectivity index (χ4v) is 4.64. The van der Waals surface area contributed by atoms with Crippen molar-refractivity contribution in [2.45, 2.75) is 95.8 Å². The van der Waals surface area contributed by atoms with E-state index >= 15 is 0 Å². The summed E-state index contributed by atoms with van der Waals surface area (Å²) < 4.78 is 5.94. The Morgan fingerprint density at radius 3 is 2.09 bits per heavy atom. The van der Waals surface area contributed by atoms with Crippen LogP contribution >= 0.6 is 11.8 Å². The van der Waals surface area contributed by atoms with Gasteiger partial charge in [-0.1, -0.05) is 96.3 Å². The molecule has 0 aliphatic rings. The standard InChI is InChI=1S/C31H44O2S/c1-3-5-6-7-8-9-10-11-12-13-14-24-33-29-17-15-16-27(26-29)18-23-31(32)28-19-21-30(22-20-28)34-25-4-2/h15-23,26H,3-14,24-25H2,1-2H3/b23-18+. The number of carbonyl (C=O) groups excluding carboxylic acids is 1. The van der Waals surface area contributed by atoms with Crippen molar-refractivity contribution in [3.05, 3.63) is 65.7 Å². The second kappa shape index (κ2) is 18.3. The highest BCUT2D eigenvalue weighted by molar-refractivity contribution is 7.99. The summed E-state index contributed by atoms with van der Waals surface area (Å²) in [6.45, 7) is 5.20. The zero-order valence-electron chi connectivity index (χ0n) is 21.4. The van der Waals surface area contributed by atoms with E-state index in [1.165, 1.54) is 69.1 Å². The molecule has 0 N–H and O–H groups in total. The molecule has 0 unspecified atom stereocenters. The highest BCUT2D eigenvalue weighted by Gasteiger charge is 2.03. The molecule has 0 atom stereocenters. The molecule has 3 heteroatoms. The van der Waals surface area contributed by atoms with Crippen LogP contribution in [0.25, 0.3) is 6.08 Å². The maximum atomic E-state index is 12.5. The quantitative estimate of drug-likeness (QED) is 0.0866. The van der Waals surface area contributed by atoms with Gasteiger partial charge in [-0.15, -0.1) is 11.8 Å². The van der Waals surface area contributed by atoms with E-state index in [0.717, 1.165) is 42.1 Å². The lowest BCUT2D eigenvalue weighted by atomic mass is 10.1. The van der Waals surface area contributed by atoms with Gasteiger partial charge in [-0.3, -0.25) is 4.79 Å². The Morgan fingerprint density at radius 2 is 1.44 bits per heavy atom. The molecule has 0 aromatic heterocycles. The summed E-state index contributed by atoms with van der Waals surface area (Å²) in [6.07, 6.45) is 19.4. The lowest BCUT2D eigenvalue weighted by Crippen LogP contribution is -1.97. The van der Waals surface area contributed by atoms with Crippen molar-refractivity contribution in [1.82, 2.24) is 0 Å². The van der Waals surface area contributed by atoms with Crippen LogP contribution < -0.4 is 4.74 Å². The largest absolute Gasteiger partial charge is 0.494 e. The molecule has 34 heavy (non-hydrogen) atoms. The topological polar surface area (TPSA) is 26.3 Å². The Hall–Kier alpha value is -2.00. The fraction of sp³-hybridized carbons (Fsp3) is 0.516. The smallest absolute Gasteiger partial charge is 0.185 e. The number of thioether (sulfide) groups is 1. The molecule has 0 radical (unpaired) electrons. The first-order valence-corrected chi connectivity index (χ1v) is 14.4. The summed E-state index contributed by atoms with van der Waals surface area (Å²) in [7, 11) is 0. The Bertz CT molecular complexity index is 826. The molecule has 2 aromatic carbocycles. The van der Waals surface area contributed by atoms with Gasteiger partial charge in [-0.05, 0) is 66.6 Å². The Balaban J connectivity index is 1.63. The average Bonchev–Trinajstić information content (AvgIpc) is 2.87. The van der Waals surface area contributed by atoms with E-state index < -0.39 is 0 Å². The van der Waals surface area contributed by atoms with Crippen molar-refractivity contribution in [2.24, 2.45) is 0 Å². The Labute approximate surface area is 212 Å². The number of ether oxygens (including phenoxy) is 1. The molecular weight excluding hydrogens is 436 g/mol. The summed E-state index contributed by atoms with van der Waals surface area (Å²) in [4.78, 5) is 13.7. The molecule has 0 fully saturated rings. The molecule has 0 bridgehead atoms. The van der Waals surface area contributed by atoms with E-state index in [9.17, 15) is 4.79 Å². The normalized spacial score (nSPS) is 11.2. The zero-order chi connectivity index (χ0) is 24.3.